The summed E-state index contributed by atoms with van der Waals surface area (Å²) in [6, 6.07) is 12.1. The van der Waals surface area contributed by atoms with E-state index in [4.69, 9.17) is 4.74 Å². The number of aryl methyl sites for hydroxylation is 1. The highest BCUT2D eigenvalue weighted by Gasteiger charge is 2.24. The summed E-state index contributed by atoms with van der Waals surface area (Å²) in [6.07, 6.45) is 0. The minimum Gasteiger partial charge on any atom is -0.496 e. The van der Waals surface area contributed by atoms with E-state index < -0.39 is 10.0 Å². The Morgan fingerprint density at radius 2 is 1.91 bits per heavy atom. The number of nitrogens with zero attached hydrogens (tertiary/aromatic N) is 1. The second kappa shape index (κ2) is 6.71. The summed E-state index contributed by atoms with van der Waals surface area (Å²) < 4.78 is 33.2. The lowest BCUT2D eigenvalue weighted by Gasteiger charge is -2.23. The van der Waals surface area contributed by atoms with Gasteiger partial charge in [0, 0.05) is 11.0 Å². The molecule has 2 aromatic rings. The van der Waals surface area contributed by atoms with Crippen LogP contribution in [0.2, 0.25) is 0 Å². The minimum absolute atomic E-state index is 0.257. The molecule has 0 fully saturated rings. The van der Waals surface area contributed by atoms with Crippen molar-refractivity contribution in [3.05, 3.63) is 52.5 Å². The van der Waals surface area contributed by atoms with Crippen LogP contribution in [-0.2, 0) is 10.0 Å². The molecule has 0 saturated carbocycles. The lowest BCUT2D eigenvalue weighted by molar-refractivity contribution is 0.411. The number of hydrogen-bond acceptors (Lipinski definition) is 3. The van der Waals surface area contributed by atoms with E-state index in [1.54, 1.807) is 37.4 Å². The number of halogens is 1. The predicted octanol–water partition coefficient (Wildman–Crippen LogP) is 3.98. The fourth-order valence-corrected chi connectivity index (χ4v) is 4.20. The second-order valence-electron chi connectivity index (χ2n) is 4.78. The first-order valence-corrected chi connectivity index (χ1v) is 9.06. The predicted molar refractivity (Wildman–Crippen MR) is 92.1 cm³/mol. The van der Waals surface area contributed by atoms with Gasteiger partial charge in [0.2, 0.25) is 0 Å². The Hall–Kier alpha value is -1.53. The molecular formula is C16H18BrNO3S. The van der Waals surface area contributed by atoms with Crippen molar-refractivity contribution in [1.29, 1.82) is 0 Å². The van der Waals surface area contributed by atoms with Crippen LogP contribution < -0.4 is 9.04 Å². The summed E-state index contributed by atoms with van der Waals surface area (Å²) in [6.45, 7) is 3.99. The number of benzene rings is 2. The second-order valence-corrected chi connectivity index (χ2v) is 7.56. The van der Waals surface area contributed by atoms with Gasteiger partial charge in [-0.1, -0.05) is 22.0 Å². The third kappa shape index (κ3) is 3.28. The molecule has 0 aromatic heterocycles. The first kappa shape index (κ1) is 16.8. The van der Waals surface area contributed by atoms with E-state index in [0.29, 0.717) is 18.0 Å². The van der Waals surface area contributed by atoms with Crippen LogP contribution in [0.5, 0.6) is 5.75 Å². The zero-order chi connectivity index (χ0) is 16.3. The SMILES string of the molecule is CCN(c1cccc(Br)c1)S(=O)(=O)c1ccc(OC)c(C)c1. The molecule has 0 unspecified atom stereocenters. The smallest absolute Gasteiger partial charge is 0.264 e. The van der Waals surface area contributed by atoms with Crippen LogP contribution in [0.4, 0.5) is 5.69 Å². The molecule has 0 bridgehead atoms. The Bertz CT molecular complexity index is 775. The molecule has 6 heteroatoms. The van der Waals surface area contributed by atoms with E-state index >= 15 is 0 Å². The van der Waals surface area contributed by atoms with Crippen molar-refractivity contribution in [1.82, 2.24) is 0 Å². The van der Waals surface area contributed by atoms with Crippen molar-refractivity contribution in [2.24, 2.45) is 0 Å². The molecule has 0 atom stereocenters. The van der Waals surface area contributed by atoms with Crippen molar-refractivity contribution < 1.29 is 13.2 Å². The molecular weight excluding hydrogens is 366 g/mol. The molecule has 0 heterocycles. The summed E-state index contributed by atoms with van der Waals surface area (Å²) in [5.41, 5.74) is 1.42. The Labute approximate surface area is 139 Å². The fourth-order valence-electron chi connectivity index (χ4n) is 2.26. The van der Waals surface area contributed by atoms with Crippen molar-refractivity contribution in [2.45, 2.75) is 18.7 Å². The van der Waals surface area contributed by atoms with Crippen molar-refractivity contribution in [3.63, 3.8) is 0 Å². The average molecular weight is 384 g/mol. The number of sulfonamides is 1. The zero-order valence-corrected chi connectivity index (χ0v) is 15.1. The maximum absolute atomic E-state index is 12.9. The minimum atomic E-state index is -3.61. The molecule has 0 saturated heterocycles. The molecule has 0 aliphatic rings. The van der Waals surface area contributed by atoms with Crippen molar-refractivity contribution >= 4 is 31.6 Å². The van der Waals surface area contributed by atoms with E-state index in [-0.39, 0.29) is 4.90 Å². The van der Waals surface area contributed by atoms with Crippen LogP contribution >= 0.6 is 15.9 Å². The molecule has 2 rings (SSSR count). The molecule has 0 spiro atoms. The first-order valence-electron chi connectivity index (χ1n) is 6.83. The lowest BCUT2D eigenvalue weighted by Crippen LogP contribution is -2.30. The molecule has 0 aliphatic heterocycles. The Kier molecular flexibility index (Phi) is 5.13. The standard InChI is InChI=1S/C16H18BrNO3S/c1-4-18(14-7-5-6-13(17)11-14)22(19,20)15-8-9-16(21-3)12(2)10-15/h5-11H,4H2,1-3H3. The third-order valence-corrected chi connectivity index (χ3v) is 5.73. The summed E-state index contributed by atoms with van der Waals surface area (Å²) in [4.78, 5) is 0.257. The van der Waals surface area contributed by atoms with Gasteiger partial charge in [0.05, 0.1) is 17.7 Å². The monoisotopic (exact) mass is 383 g/mol. The Balaban J connectivity index is 2.49. The molecule has 0 amide bonds. The normalized spacial score (nSPS) is 11.3. The summed E-state index contributed by atoms with van der Waals surface area (Å²) in [7, 11) is -2.05. The third-order valence-electron chi connectivity index (χ3n) is 3.34. The summed E-state index contributed by atoms with van der Waals surface area (Å²) >= 11 is 3.38. The van der Waals surface area contributed by atoms with Gasteiger partial charge in [0.15, 0.2) is 0 Å². The van der Waals surface area contributed by atoms with Gasteiger partial charge in [-0.3, -0.25) is 4.31 Å². The zero-order valence-electron chi connectivity index (χ0n) is 12.7. The highest BCUT2D eigenvalue weighted by molar-refractivity contribution is 9.10. The molecule has 22 heavy (non-hydrogen) atoms. The molecule has 0 N–H and O–H groups in total. The number of rotatable bonds is 5. The van der Waals surface area contributed by atoms with E-state index in [2.05, 4.69) is 15.9 Å². The topological polar surface area (TPSA) is 46.6 Å². The van der Waals surface area contributed by atoms with Crippen molar-refractivity contribution in [3.8, 4) is 5.75 Å². The molecule has 118 valence electrons. The highest BCUT2D eigenvalue weighted by atomic mass is 79.9. The number of anilines is 1. The Morgan fingerprint density at radius 3 is 2.45 bits per heavy atom. The highest BCUT2D eigenvalue weighted by Crippen LogP contribution is 2.28. The van der Waals surface area contributed by atoms with E-state index in [0.717, 1.165) is 10.0 Å². The Morgan fingerprint density at radius 1 is 1.18 bits per heavy atom. The molecule has 2 aromatic carbocycles. The van der Waals surface area contributed by atoms with Crippen LogP contribution in [0.25, 0.3) is 0 Å². The van der Waals surface area contributed by atoms with Crippen LogP contribution in [0.3, 0.4) is 0 Å². The molecule has 0 aliphatic carbocycles. The maximum Gasteiger partial charge on any atom is 0.264 e. The number of hydrogen-bond donors (Lipinski definition) is 0. The van der Waals surface area contributed by atoms with E-state index in [9.17, 15) is 8.42 Å². The lowest BCUT2D eigenvalue weighted by atomic mass is 10.2. The van der Waals surface area contributed by atoms with Gasteiger partial charge in [0.25, 0.3) is 10.0 Å². The number of ether oxygens (including phenoxy) is 1. The largest absolute Gasteiger partial charge is 0.496 e. The van der Waals surface area contributed by atoms with Gasteiger partial charge in [-0.05, 0) is 55.8 Å². The van der Waals surface area contributed by atoms with Crippen LogP contribution in [0.1, 0.15) is 12.5 Å². The summed E-state index contributed by atoms with van der Waals surface area (Å²) in [5.74, 6) is 0.671. The first-order chi connectivity index (χ1) is 10.4. The van der Waals surface area contributed by atoms with Gasteiger partial charge in [-0.25, -0.2) is 8.42 Å². The quantitative estimate of drug-likeness (QED) is 0.784. The molecule has 4 nitrogen and oxygen atoms in total. The van der Waals surface area contributed by atoms with Gasteiger partial charge in [0.1, 0.15) is 5.75 Å². The van der Waals surface area contributed by atoms with Gasteiger partial charge < -0.3 is 4.74 Å². The average Bonchev–Trinajstić information content (AvgIpc) is 2.47. The van der Waals surface area contributed by atoms with Crippen LogP contribution in [0.15, 0.2) is 51.8 Å². The summed E-state index contributed by atoms with van der Waals surface area (Å²) in [5, 5.41) is 0. The van der Waals surface area contributed by atoms with Crippen LogP contribution in [-0.4, -0.2) is 22.1 Å². The van der Waals surface area contributed by atoms with Crippen molar-refractivity contribution in [2.75, 3.05) is 18.0 Å². The maximum atomic E-state index is 12.9. The van der Waals surface area contributed by atoms with Crippen LogP contribution in [0, 0.1) is 6.92 Å². The number of methoxy groups -OCH3 is 1. The molecule has 0 radical (unpaired) electrons. The van der Waals surface area contributed by atoms with Gasteiger partial charge in [-0.15, -0.1) is 0 Å². The van der Waals surface area contributed by atoms with Gasteiger partial charge in [-0.2, -0.15) is 0 Å². The fraction of sp³-hybridized carbons (Fsp3) is 0.250. The van der Waals surface area contributed by atoms with Gasteiger partial charge >= 0.3 is 0 Å². The van der Waals surface area contributed by atoms with E-state index in [1.807, 2.05) is 26.0 Å². The van der Waals surface area contributed by atoms with E-state index in [1.165, 1.54) is 4.31 Å².